The van der Waals surface area contributed by atoms with Crippen molar-refractivity contribution in [3.8, 4) is 5.75 Å². The Hall–Kier alpha value is -2.08. The van der Waals surface area contributed by atoms with Gasteiger partial charge >= 0.3 is 0 Å². The van der Waals surface area contributed by atoms with Crippen LogP contribution in [0.3, 0.4) is 0 Å². The third kappa shape index (κ3) is 3.53. The average molecular weight is 349 g/mol. The van der Waals surface area contributed by atoms with E-state index in [0.717, 1.165) is 37.2 Å². The number of halogens is 1. The van der Waals surface area contributed by atoms with E-state index >= 15 is 0 Å². The molecule has 2 aromatic rings. The highest BCUT2D eigenvalue weighted by atomic mass is 35.5. The van der Waals surface area contributed by atoms with Gasteiger partial charge < -0.3 is 9.64 Å². The maximum absolute atomic E-state index is 12.9. The number of para-hydroxylation sites is 1. The Labute approximate surface area is 146 Å². The highest BCUT2D eigenvalue weighted by Gasteiger charge is 2.30. The zero-order valence-electron chi connectivity index (χ0n) is 13.7. The number of aromatic nitrogens is 3. The first-order valence-corrected chi connectivity index (χ1v) is 8.63. The molecule has 0 aliphatic carbocycles. The Balaban J connectivity index is 1.80. The van der Waals surface area contributed by atoms with E-state index < -0.39 is 0 Å². The summed E-state index contributed by atoms with van der Waals surface area (Å²) >= 11 is 6.21. The number of H-pyrrole nitrogens is 1. The molecule has 1 aromatic carbocycles. The predicted molar refractivity (Wildman–Crippen MR) is 91.0 cm³/mol. The lowest BCUT2D eigenvalue weighted by atomic mass is 10.00. The van der Waals surface area contributed by atoms with Crippen LogP contribution < -0.4 is 4.74 Å². The van der Waals surface area contributed by atoms with E-state index in [-0.39, 0.29) is 18.4 Å². The number of hydrogen-bond donors (Lipinski definition) is 1. The summed E-state index contributed by atoms with van der Waals surface area (Å²) < 4.78 is 5.62. The zero-order valence-corrected chi connectivity index (χ0v) is 14.4. The summed E-state index contributed by atoms with van der Waals surface area (Å²) in [6.07, 6.45) is 4.73. The summed E-state index contributed by atoms with van der Waals surface area (Å²) in [5.74, 6) is 1.40. The maximum Gasteiger partial charge on any atom is 0.227 e. The number of aromatic amines is 1. The summed E-state index contributed by atoms with van der Waals surface area (Å²) in [5, 5.41) is 7.34. The van der Waals surface area contributed by atoms with Crippen LogP contribution in [0.4, 0.5) is 0 Å². The number of carbonyl (C=O) groups excluding carboxylic acids is 1. The molecular weight excluding hydrogens is 328 g/mol. The van der Waals surface area contributed by atoms with Gasteiger partial charge in [0, 0.05) is 12.1 Å². The molecule has 0 radical (unpaired) electrons. The number of nitrogens with one attached hydrogen (secondary N) is 1. The minimum Gasteiger partial charge on any atom is -0.492 e. The lowest BCUT2D eigenvalue weighted by Gasteiger charge is -2.34. The van der Waals surface area contributed by atoms with Gasteiger partial charge in [0.1, 0.15) is 17.9 Å². The Bertz CT molecular complexity index is 690. The van der Waals surface area contributed by atoms with Crippen LogP contribution in [0, 0.1) is 0 Å². The fourth-order valence-electron chi connectivity index (χ4n) is 3.15. The largest absolute Gasteiger partial charge is 0.492 e. The molecular formula is C17H21ClN4O2. The fourth-order valence-corrected chi connectivity index (χ4v) is 3.40. The van der Waals surface area contributed by atoms with Crippen molar-refractivity contribution in [3.05, 3.63) is 40.9 Å². The minimum atomic E-state index is -0.0384. The molecule has 0 bridgehead atoms. The molecule has 6 nitrogen and oxygen atoms in total. The van der Waals surface area contributed by atoms with Crippen LogP contribution in [0.2, 0.25) is 5.02 Å². The van der Waals surface area contributed by atoms with E-state index in [4.69, 9.17) is 16.3 Å². The van der Waals surface area contributed by atoms with Gasteiger partial charge in [-0.15, -0.1) is 0 Å². The number of amides is 1. The molecule has 128 valence electrons. The van der Waals surface area contributed by atoms with E-state index in [2.05, 4.69) is 15.2 Å². The van der Waals surface area contributed by atoms with Crippen LogP contribution >= 0.6 is 11.6 Å². The number of ether oxygens (including phenoxy) is 1. The van der Waals surface area contributed by atoms with Crippen molar-refractivity contribution in [2.45, 2.75) is 38.6 Å². The van der Waals surface area contributed by atoms with Gasteiger partial charge in [-0.05, 0) is 32.3 Å². The number of piperidine rings is 1. The maximum atomic E-state index is 12.9. The Morgan fingerprint density at radius 1 is 1.46 bits per heavy atom. The first-order valence-electron chi connectivity index (χ1n) is 8.25. The molecule has 1 fully saturated rings. The second-order valence-electron chi connectivity index (χ2n) is 5.81. The van der Waals surface area contributed by atoms with E-state index in [1.54, 1.807) is 6.07 Å². The Morgan fingerprint density at radius 2 is 2.33 bits per heavy atom. The first-order chi connectivity index (χ1) is 11.7. The van der Waals surface area contributed by atoms with E-state index in [0.29, 0.717) is 17.4 Å². The highest BCUT2D eigenvalue weighted by Crippen LogP contribution is 2.32. The summed E-state index contributed by atoms with van der Waals surface area (Å²) in [7, 11) is 0. The molecule has 0 unspecified atom stereocenters. The topological polar surface area (TPSA) is 71.1 Å². The second-order valence-corrected chi connectivity index (χ2v) is 6.21. The molecule has 1 aromatic heterocycles. The number of hydrogen-bond acceptors (Lipinski definition) is 4. The predicted octanol–water partition coefficient (Wildman–Crippen LogP) is 3.15. The van der Waals surface area contributed by atoms with Crippen molar-refractivity contribution in [1.29, 1.82) is 0 Å². The molecule has 0 spiro atoms. The summed E-state index contributed by atoms with van der Waals surface area (Å²) in [5.41, 5.74) is 0.816. The van der Waals surface area contributed by atoms with Crippen LogP contribution in [-0.4, -0.2) is 39.1 Å². The summed E-state index contributed by atoms with van der Waals surface area (Å²) in [6.45, 7) is 3.14. The highest BCUT2D eigenvalue weighted by molar-refractivity contribution is 6.32. The molecule has 24 heavy (non-hydrogen) atoms. The molecule has 1 amide bonds. The normalized spacial score (nSPS) is 17.8. The summed E-state index contributed by atoms with van der Waals surface area (Å²) in [6, 6.07) is 5.47. The van der Waals surface area contributed by atoms with Gasteiger partial charge in [-0.1, -0.05) is 23.7 Å². The standard InChI is InChI=1S/C17H21ClN4O2/c1-2-24-16-12(6-5-7-13(16)18)10-15(23)22-9-4-3-8-14(22)17-19-11-20-21-17/h5-7,11,14H,2-4,8-10H2,1H3,(H,19,20,21)/t14-/m0/s1. The lowest BCUT2D eigenvalue weighted by molar-refractivity contribution is -0.134. The summed E-state index contributed by atoms with van der Waals surface area (Å²) in [4.78, 5) is 19.0. The van der Waals surface area contributed by atoms with Gasteiger partial charge in [0.25, 0.3) is 0 Å². The lowest BCUT2D eigenvalue weighted by Crippen LogP contribution is -2.39. The average Bonchev–Trinajstić information content (AvgIpc) is 3.12. The molecule has 1 aliphatic heterocycles. The monoisotopic (exact) mass is 348 g/mol. The van der Waals surface area contributed by atoms with Crippen molar-refractivity contribution < 1.29 is 9.53 Å². The number of carbonyl (C=O) groups is 1. The number of rotatable bonds is 5. The Kier molecular flexibility index (Phi) is 5.35. The number of likely N-dealkylation sites (tertiary alicyclic amines) is 1. The zero-order chi connectivity index (χ0) is 16.9. The third-order valence-electron chi connectivity index (χ3n) is 4.25. The van der Waals surface area contributed by atoms with Gasteiger partial charge in [0.2, 0.25) is 5.91 Å². The molecule has 7 heteroatoms. The molecule has 0 saturated carbocycles. The third-order valence-corrected chi connectivity index (χ3v) is 4.55. The van der Waals surface area contributed by atoms with Gasteiger partial charge in [0.05, 0.1) is 24.1 Å². The number of nitrogens with zero attached hydrogens (tertiary/aromatic N) is 3. The smallest absolute Gasteiger partial charge is 0.227 e. The minimum absolute atomic E-state index is 0.0384. The fraction of sp³-hybridized carbons (Fsp3) is 0.471. The van der Waals surface area contributed by atoms with Crippen LogP contribution in [0.15, 0.2) is 24.5 Å². The molecule has 1 N–H and O–H groups in total. The molecule has 1 aliphatic rings. The van der Waals surface area contributed by atoms with Crippen molar-refractivity contribution in [1.82, 2.24) is 20.1 Å². The van der Waals surface area contributed by atoms with Crippen molar-refractivity contribution >= 4 is 17.5 Å². The van der Waals surface area contributed by atoms with Gasteiger partial charge in [0.15, 0.2) is 0 Å². The van der Waals surface area contributed by atoms with Crippen LogP contribution in [0.5, 0.6) is 5.75 Å². The molecule has 1 atom stereocenters. The van der Waals surface area contributed by atoms with Crippen molar-refractivity contribution in [3.63, 3.8) is 0 Å². The molecule has 2 heterocycles. The number of benzene rings is 1. The SMILES string of the molecule is CCOc1c(Cl)cccc1CC(=O)N1CCCC[C@H]1c1ncn[nH]1. The molecule has 1 saturated heterocycles. The van der Waals surface area contributed by atoms with E-state index in [1.807, 2.05) is 24.0 Å². The van der Waals surface area contributed by atoms with Crippen molar-refractivity contribution in [2.75, 3.05) is 13.2 Å². The van der Waals surface area contributed by atoms with Gasteiger partial charge in [-0.25, -0.2) is 4.98 Å². The quantitative estimate of drug-likeness (QED) is 0.901. The van der Waals surface area contributed by atoms with Gasteiger partial charge in [-0.3, -0.25) is 9.89 Å². The van der Waals surface area contributed by atoms with E-state index in [1.165, 1.54) is 6.33 Å². The Morgan fingerprint density at radius 3 is 3.08 bits per heavy atom. The molecule has 3 rings (SSSR count). The second kappa shape index (κ2) is 7.66. The van der Waals surface area contributed by atoms with Gasteiger partial charge in [-0.2, -0.15) is 5.10 Å². The van der Waals surface area contributed by atoms with Crippen molar-refractivity contribution in [2.24, 2.45) is 0 Å². The first kappa shape index (κ1) is 16.8. The van der Waals surface area contributed by atoms with E-state index in [9.17, 15) is 4.79 Å². The van der Waals surface area contributed by atoms with Crippen LogP contribution in [0.25, 0.3) is 0 Å². The van der Waals surface area contributed by atoms with Crippen LogP contribution in [0.1, 0.15) is 43.6 Å². The van der Waals surface area contributed by atoms with Crippen LogP contribution in [-0.2, 0) is 11.2 Å².